The molecule has 1 amide bonds. The first-order chi connectivity index (χ1) is 18.3. The van der Waals surface area contributed by atoms with Crippen molar-refractivity contribution in [1.82, 2.24) is 19.7 Å². The lowest BCUT2D eigenvalue weighted by Gasteiger charge is -2.44. The van der Waals surface area contributed by atoms with Crippen LogP contribution >= 0.6 is 12.6 Å². The predicted octanol–water partition coefficient (Wildman–Crippen LogP) is 6.47. The van der Waals surface area contributed by atoms with E-state index in [0.29, 0.717) is 23.8 Å². The van der Waals surface area contributed by atoms with Gasteiger partial charge in [-0.25, -0.2) is 0 Å². The van der Waals surface area contributed by atoms with E-state index < -0.39 is 4.99 Å². The van der Waals surface area contributed by atoms with Gasteiger partial charge < -0.3 is 9.88 Å². The van der Waals surface area contributed by atoms with Crippen molar-refractivity contribution in [2.24, 2.45) is 5.92 Å². The maximum Gasteiger partial charge on any atom is 0.253 e. The Morgan fingerprint density at radius 3 is 2.58 bits per heavy atom. The van der Waals surface area contributed by atoms with Gasteiger partial charge in [-0.3, -0.25) is 14.6 Å². The summed E-state index contributed by atoms with van der Waals surface area (Å²) in [5.74, 6) is 0.967. The standard InChI is InChI=1S/C32H42N4OS/c1-5-32(38)33-31(37)25-15-16-27-28(18-25)36-20-22(19-34(3)21(2)35(32)4)17-24-13-9-10-14-26(24)30(36)29(27)23-11-7-6-8-12-23/h9-10,13-16,18,21-23,38H,5-8,11-12,17,19-20H2,1-4H3,(H,33,37). The van der Waals surface area contributed by atoms with Crippen LogP contribution < -0.4 is 5.32 Å². The molecular formula is C32H42N4OS. The molecule has 1 aromatic heterocycles. The minimum atomic E-state index is -0.743. The molecule has 0 radical (unpaired) electrons. The van der Waals surface area contributed by atoms with E-state index in [2.05, 4.69) is 84.0 Å². The van der Waals surface area contributed by atoms with Crippen LogP contribution in [0.3, 0.4) is 0 Å². The summed E-state index contributed by atoms with van der Waals surface area (Å²) in [6.07, 6.45) is 8.32. The van der Waals surface area contributed by atoms with Gasteiger partial charge in [-0.15, -0.1) is 12.6 Å². The Balaban J connectivity index is 1.61. The number of thiol groups is 1. The molecule has 1 saturated carbocycles. The van der Waals surface area contributed by atoms with E-state index in [0.717, 1.165) is 19.5 Å². The van der Waals surface area contributed by atoms with Crippen LogP contribution in [0.25, 0.3) is 22.2 Å². The van der Waals surface area contributed by atoms with Crippen LogP contribution in [0, 0.1) is 5.92 Å². The van der Waals surface area contributed by atoms with E-state index in [1.807, 2.05) is 6.07 Å². The molecule has 38 heavy (non-hydrogen) atoms. The van der Waals surface area contributed by atoms with Gasteiger partial charge in [-0.2, -0.15) is 0 Å². The highest BCUT2D eigenvalue weighted by atomic mass is 32.1. The van der Waals surface area contributed by atoms with Crippen LogP contribution in [-0.4, -0.2) is 52.1 Å². The van der Waals surface area contributed by atoms with Crippen molar-refractivity contribution < 1.29 is 4.79 Å². The molecule has 3 atom stereocenters. The number of fused-ring (bicyclic) bond motifs is 4. The van der Waals surface area contributed by atoms with E-state index in [4.69, 9.17) is 12.6 Å². The van der Waals surface area contributed by atoms with Gasteiger partial charge in [-0.05, 0) is 81.8 Å². The van der Waals surface area contributed by atoms with E-state index >= 15 is 0 Å². The number of benzene rings is 2. The number of carbonyl (C=O) groups is 1. The molecule has 2 aromatic carbocycles. The highest BCUT2D eigenvalue weighted by molar-refractivity contribution is 7.81. The fourth-order valence-corrected chi connectivity index (χ4v) is 7.60. The number of amides is 1. The summed E-state index contributed by atoms with van der Waals surface area (Å²) >= 11 is 5.04. The first-order valence-corrected chi connectivity index (χ1v) is 15.0. The first-order valence-electron chi connectivity index (χ1n) is 14.5. The monoisotopic (exact) mass is 530 g/mol. The topological polar surface area (TPSA) is 40.5 Å². The summed E-state index contributed by atoms with van der Waals surface area (Å²) in [5.41, 5.74) is 7.68. The molecule has 6 heteroatoms. The van der Waals surface area contributed by atoms with Crippen molar-refractivity contribution >= 4 is 29.4 Å². The average Bonchev–Trinajstić information content (AvgIpc) is 3.15. The molecule has 0 saturated heterocycles. The molecule has 3 unspecified atom stereocenters. The van der Waals surface area contributed by atoms with E-state index in [-0.39, 0.29) is 12.1 Å². The highest BCUT2D eigenvalue weighted by Gasteiger charge is 2.37. The summed E-state index contributed by atoms with van der Waals surface area (Å²) in [4.78, 5) is 17.6. The Morgan fingerprint density at radius 1 is 1.05 bits per heavy atom. The number of hydrogen-bond acceptors (Lipinski definition) is 4. The molecule has 3 heterocycles. The lowest BCUT2D eigenvalue weighted by atomic mass is 9.81. The molecule has 1 N–H and O–H groups in total. The van der Waals surface area contributed by atoms with Crippen molar-refractivity contribution in [2.45, 2.75) is 82.4 Å². The predicted molar refractivity (Wildman–Crippen MR) is 160 cm³/mol. The van der Waals surface area contributed by atoms with Crippen molar-refractivity contribution in [3.8, 4) is 11.3 Å². The number of hydrogen-bond donors (Lipinski definition) is 2. The largest absolute Gasteiger partial charge is 0.340 e. The van der Waals surface area contributed by atoms with E-state index in [9.17, 15) is 4.79 Å². The summed E-state index contributed by atoms with van der Waals surface area (Å²) in [7, 11) is 4.28. The second kappa shape index (κ2) is 10.0. The average molecular weight is 531 g/mol. The molecule has 2 aliphatic heterocycles. The zero-order chi connectivity index (χ0) is 26.6. The normalized spacial score (nSPS) is 27.4. The third-order valence-corrected chi connectivity index (χ3v) is 10.5. The Labute approximate surface area is 233 Å². The molecule has 1 aliphatic carbocycles. The molecule has 5 nitrogen and oxygen atoms in total. The first kappa shape index (κ1) is 26.0. The number of aromatic nitrogens is 1. The molecule has 0 spiro atoms. The smallest absolute Gasteiger partial charge is 0.253 e. The number of nitrogens with zero attached hydrogens (tertiary/aromatic N) is 3. The molecule has 3 aromatic rings. The van der Waals surface area contributed by atoms with Crippen molar-refractivity contribution in [3.63, 3.8) is 0 Å². The number of rotatable bonds is 2. The molecular weight excluding hydrogens is 488 g/mol. The SMILES string of the molecule is CCC1(S)NC(=O)c2ccc3c(C4CCCCC4)c4n(c3c2)CC(Cc2ccccc2-4)CN(C)C(C)N1C. The van der Waals surface area contributed by atoms with Gasteiger partial charge in [0.15, 0.2) is 0 Å². The van der Waals surface area contributed by atoms with Gasteiger partial charge in [0, 0.05) is 35.1 Å². The summed E-state index contributed by atoms with van der Waals surface area (Å²) in [6.45, 7) is 6.24. The number of carbonyl (C=O) groups excluding carboxylic acids is 1. The van der Waals surface area contributed by atoms with E-state index in [1.54, 1.807) is 0 Å². The second-order valence-electron chi connectivity index (χ2n) is 12.0. The maximum absolute atomic E-state index is 13.7. The Kier molecular flexibility index (Phi) is 6.86. The minimum Gasteiger partial charge on any atom is -0.340 e. The molecule has 4 bridgehead atoms. The van der Waals surface area contributed by atoms with Crippen molar-refractivity contribution in [2.75, 3.05) is 20.6 Å². The van der Waals surface area contributed by atoms with Crippen LogP contribution in [0.15, 0.2) is 42.5 Å². The van der Waals surface area contributed by atoms with Crippen molar-refractivity contribution in [3.05, 3.63) is 59.2 Å². The van der Waals surface area contributed by atoms with Crippen LogP contribution in [-0.2, 0) is 13.0 Å². The van der Waals surface area contributed by atoms with Crippen LogP contribution in [0.4, 0.5) is 0 Å². The number of nitrogens with one attached hydrogen (secondary N) is 1. The molecule has 6 rings (SSSR count). The van der Waals surface area contributed by atoms with Gasteiger partial charge in [0.1, 0.15) is 4.99 Å². The van der Waals surface area contributed by atoms with Gasteiger partial charge in [0.2, 0.25) is 0 Å². The van der Waals surface area contributed by atoms with Gasteiger partial charge in [0.05, 0.1) is 11.9 Å². The van der Waals surface area contributed by atoms with Crippen molar-refractivity contribution in [1.29, 1.82) is 0 Å². The zero-order valence-electron chi connectivity index (χ0n) is 23.3. The van der Waals surface area contributed by atoms with Gasteiger partial charge >= 0.3 is 0 Å². The third-order valence-electron chi connectivity index (χ3n) is 9.74. The van der Waals surface area contributed by atoms with Crippen LogP contribution in [0.1, 0.15) is 79.8 Å². The maximum atomic E-state index is 13.7. The Morgan fingerprint density at radius 2 is 1.82 bits per heavy atom. The fourth-order valence-electron chi connectivity index (χ4n) is 7.33. The zero-order valence-corrected chi connectivity index (χ0v) is 24.2. The third kappa shape index (κ3) is 4.29. The fraction of sp³-hybridized carbons (Fsp3) is 0.531. The summed E-state index contributed by atoms with van der Waals surface area (Å²) < 4.78 is 2.58. The Bertz CT molecular complexity index is 1360. The quantitative estimate of drug-likeness (QED) is 0.373. The lowest BCUT2D eigenvalue weighted by molar-refractivity contribution is 0.0217. The minimum absolute atomic E-state index is 0.0648. The van der Waals surface area contributed by atoms with Crippen LogP contribution in [0.2, 0.25) is 0 Å². The highest BCUT2D eigenvalue weighted by Crippen LogP contribution is 2.47. The van der Waals surface area contributed by atoms with Gasteiger partial charge in [0.25, 0.3) is 5.91 Å². The van der Waals surface area contributed by atoms with Gasteiger partial charge in [-0.1, -0.05) is 56.5 Å². The molecule has 202 valence electrons. The molecule has 1 fully saturated rings. The molecule has 3 aliphatic rings. The summed E-state index contributed by atoms with van der Waals surface area (Å²) in [6, 6.07) is 15.5. The summed E-state index contributed by atoms with van der Waals surface area (Å²) in [5, 5.41) is 4.61. The lowest BCUT2D eigenvalue weighted by Crippen LogP contribution is -2.61. The second-order valence-corrected chi connectivity index (χ2v) is 12.7. The Hall–Kier alpha value is -2.28. The van der Waals surface area contributed by atoms with Crippen LogP contribution in [0.5, 0.6) is 0 Å². The van der Waals surface area contributed by atoms with E-state index in [1.165, 1.54) is 65.4 Å².